The van der Waals surface area contributed by atoms with Gasteiger partial charge in [-0.2, -0.15) is 5.48 Å². The second-order valence-corrected chi connectivity index (χ2v) is 3.90. The Morgan fingerprint density at radius 1 is 1.45 bits per heavy atom. The summed E-state index contributed by atoms with van der Waals surface area (Å²) in [5, 5.41) is 0. The van der Waals surface area contributed by atoms with E-state index in [-0.39, 0.29) is 0 Å². The van der Waals surface area contributed by atoms with Crippen LogP contribution in [0.15, 0.2) is 0 Å². The molecule has 3 nitrogen and oxygen atoms in total. The first-order valence-corrected chi connectivity index (χ1v) is 4.56. The van der Waals surface area contributed by atoms with Crippen LogP contribution in [0, 0.1) is 5.92 Å². The van der Waals surface area contributed by atoms with Crippen LogP contribution in [0.1, 0.15) is 12.8 Å². The van der Waals surface area contributed by atoms with Crippen molar-refractivity contribution in [3.05, 3.63) is 0 Å². The zero-order valence-electron chi connectivity index (χ0n) is 6.62. The molecule has 0 radical (unpaired) electrons. The van der Waals surface area contributed by atoms with Crippen LogP contribution in [-0.4, -0.2) is 36.7 Å². The van der Waals surface area contributed by atoms with Crippen LogP contribution >= 0.6 is 0 Å². The third kappa shape index (κ3) is 0.789. The number of nitrogens with one attached hydrogen (secondary N) is 1. The van der Waals surface area contributed by atoms with Gasteiger partial charge in [0.25, 0.3) is 0 Å². The van der Waals surface area contributed by atoms with Gasteiger partial charge in [-0.1, -0.05) is 0 Å². The van der Waals surface area contributed by atoms with Gasteiger partial charge in [-0.15, -0.1) is 0 Å². The highest BCUT2D eigenvalue weighted by atomic mass is 16.7. The van der Waals surface area contributed by atoms with E-state index < -0.39 is 0 Å². The van der Waals surface area contributed by atoms with Crippen LogP contribution in [0.25, 0.3) is 0 Å². The Balaban J connectivity index is 1.84. The van der Waals surface area contributed by atoms with Crippen molar-refractivity contribution in [2.24, 2.45) is 5.92 Å². The summed E-state index contributed by atoms with van der Waals surface area (Å²) >= 11 is 0. The van der Waals surface area contributed by atoms with Gasteiger partial charge in [0, 0.05) is 18.5 Å². The van der Waals surface area contributed by atoms with Crippen LogP contribution in [0.3, 0.4) is 0 Å². The molecule has 0 spiro atoms. The van der Waals surface area contributed by atoms with Crippen LogP contribution < -0.4 is 5.48 Å². The molecule has 3 heterocycles. The van der Waals surface area contributed by atoms with Crippen molar-refractivity contribution >= 4 is 0 Å². The average molecular weight is 154 g/mol. The van der Waals surface area contributed by atoms with Crippen LogP contribution in [0.2, 0.25) is 0 Å². The van der Waals surface area contributed by atoms with Crippen molar-refractivity contribution in [1.29, 1.82) is 0 Å². The normalized spacial score (nSPS) is 49.6. The molecular formula is C8H14N2O. The third-order valence-corrected chi connectivity index (χ3v) is 3.37. The molecule has 0 aromatic heterocycles. The summed E-state index contributed by atoms with van der Waals surface area (Å²) in [4.78, 5) is 7.86. The van der Waals surface area contributed by atoms with E-state index in [0.717, 1.165) is 18.6 Å². The number of hydroxylamine groups is 1. The predicted octanol–water partition coefficient (Wildman–Crippen LogP) is -0.0160. The number of nitrogens with zero attached hydrogens (tertiary/aromatic N) is 1. The molecule has 0 aromatic rings. The molecule has 0 amide bonds. The van der Waals surface area contributed by atoms with Crippen molar-refractivity contribution in [3.63, 3.8) is 0 Å². The molecule has 3 aliphatic rings. The van der Waals surface area contributed by atoms with E-state index in [2.05, 4.69) is 10.4 Å². The lowest BCUT2D eigenvalue weighted by Crippen LogP contribution is -2.29. The lowest BCUT2D eigenvalue weighted by molar-refractivity contribution is 0.0677. The summed E-state index contributed by atoms with van der Waals surface area (Å²) in [6, 6.07) is 1.48. The fourth-order valence-electron chi connectivity index (χ4n) is 2.82. The van der Waals surface area contributed by atoms with Gasteiger partial charge in [-0.3, -0.25) is 4.90 Å². The first-order valence-electron chi connectivity index (χ1n) is 4.56. The largest absolute Gasteiger partial charge is 0.301 e. The van der Waals surface area contributed by atoms with Gasteiger partial charge in [0.2, 0.25) is 0 Å². The van der Waals surface area contributed by atoms with Gasteiger partial charge in [-0.25, -0.2) is 0 Å². The maximum Gasteiger partial charge on any atom is 0.0741 e. The minimum atomic E-state index is 0.639. The number of hydrogen-bond donors (Lipinski definition) is 1. The molecule has 0 saturated carbocycles. The minimum Gasteiger partial charge on any atom is -0.301 e. The Bertz CT molecular complexity index is 155. The smallest absolute Gasteiger partial charge is 0.0741 e. The van der Waals surface area contributed by atoms with E-state index in [1.54, 1.807) is 0 Å². The zero-order chi connectivity index (χ0) is 7.26. The number of fused-ring (bicyclic) bond motifs is 3. The quantitative estimate of drug-likeness (QED) is 0.531. The second-order valence-electron chi connectivity index (χ2n) is 3.90. The van der Waals surface area contributed by atoms with Crippen LogP contribution in [0.4, 0.5) is 0 Å². The highest BCUT2D eigenvalue weighted by Gasteiger charge is 2.46. The van der Waals surface area contributed by atoms with E-state index in [9.17, 15) is 0 Å². The van der Waals surface area contributed by atoms with Gasteiger partial charge in [-0.05, 0) is 19.4 Å². The summed E-state index contributed by atoms with van der Waals surface area (Å²) < 4.78 is 0. The molecular weight excluding hydrogens is 140 g/mol. The molecule has 11 heavy (non-hydrogen) atoms. The molecule has 3 aliphatic heterocycles. The van der Waals surface area contributed by atoms with E-state index in [1.165, 1.54) is 25.9 Å². The fourth-order valence-corrected chi connectivity index (χ4v) is 2.82. The number of hydrogen-bond acceptors (Lipinski definition) is 3. The Morgan fingerprint density at radius 3 is 3.45 bits per heavy atom. The van der Waals surface area contributed by atoms with Crippen molar-refractivity contribution in [2.75, 3.05) is 19.7 Å². The fraction of sp³-hybridized carbons (Fsp3) is 1.00. The number of rotatable bonds is 0. The molecule has 1 N–H and O–H groups in total. The van der Waals surface area contributed by atoms with Crippen LogP contribution in [-0.2, 0) is 4.84 Å². The monoisotopic (exact) mass is 154 g/mol. The standard InChI is InChI=1S/C8H14N2O/c1-2-8-6-5-11-9-7(6)4-10(8)3-1/h6-9H,1-5H2/t6-,7-,8+/m0/s1. The highest BCUT2D eigenvalue weighted by molar-refractivity contribution is 5.00. The maximum absolute atomic E-state index is 5.24. The summed E-state index contributed by atoms with van der Waals surface area (Å²) in [6.07, 6.45) is 2.79. The van der Waals surface area contributed by atoms with Gasteiger partial charge in [0.1, 0.15) is 0 Å². The minimum absolute atomic E-state index is 0.639. The molecule has 62 valence electrons. The molecule has 3 heteroatoms. The topological polar surface area (TPSA) is 24.5 Å². The van der Waals surface area contributed by atoms with E-state index >= 15 is 0 Å². The summed E-state index contributed by atoms with van der Waals surface area (Å²) in [7, 11) is 0. The molecule has 3 atom stereocenters. The van der Waals surface area contributed by atoms with Crippen LogP contribution in [0.5, 0.6) is 0 Å². The molecule has 0 unspecified atom stereocenters. The Kier molecular flexibility index (Phi) is 1.27. The van der Waals surface area contributed by atoms with Gasteiger partial charge < -0.3 is 4.84 Å². The van der Waals surface area contributed by atoms with Crippen molar-refractivity contribution in [2.45, 2.75) is 24.9 Å². The second kappa shape index (κ2) is 2.19. The average Bonchev–Trinajstić information content (AvgIpc) is 2.52. The summed E-state index contributed by atoms with van der Waals surface area (Å²) in [5.41, 5.74) is 3.11. The van der Waals surface area contributed by atoms with E-state index in [4.69, 9.17) is 4.84 Å². The predicted molar refractivity (Wildman–Crippen MR) is 41.0 cm³/mol. The van der Waals surface area contributed by atoms with Gasteiger partial charge >= 0.3 is 0 Å². The third-order valence-electron chi connectivity index (χ3n) is 3.37. The summed E-state index contributed by atoms with van der Waals surface area (Å²) in [6.45, 7) is 3.47. The Morgan fingerprint density at radius 2 is 2.45 bits per heavy atom. The lowest BCUT2D eigenvalue weighted by Gasteiger charge is -2.17. The molecule has 0 aliphatic carbocycles. The van der Waals surface area contributed by atoms with Crippen molar-refractivity contribution in [3.8, 4) is 0 Å². The highest BCUT2D eigenvalue weighted by Crippen LogP contribution is 2.35. The first-order chi connectivity index (χ1) is 5.45. The van der Waals surface area contributed by atoms with Gasteiger partial charge in [0.15, 0.2) is 0 Å². The van der Waals surface area contributed by atoms with Crippen molar-refractivity contribution < 1.29 is 4.84 Å². The first kappa shape index (κ1) is 6.40. The molecule has 0 aromatic carbocycles. The van der Waals surface area contributed by atoms with E-state index in [0.29, 0.717) is 6.04 Å². The van der Waals surface area contributed by atoms with Gasteiger partial charge in [0.05, 0.1) is 12.6 Å². The molecule has 3 saturated heterocycles. The van der Waals surface area contributed by atoms with E-state index in [1.807, 2.05) is 0 Å². The SMILES string of the molecule is C1C[C@@H]2[C@H]3CON[C@H]3CN2C1. The maximum atomic E-state index is 5.24. The molecule has 0 bridgehead atoms. The lowest BCUT2D eigenvalue weighted by atomic mass is 9.97. The summed E-state index contributed by atoms with van der Waals surface area (Å²) in [5.74, 6) is 0.789. The molecule has 3 fully saturated rings. The Labute approximate surface area is 66.7 Å². The zero-order valence-corrected chi connectivity index (χ0v) is 6.62. The molecule has 3 rings (SSSR count). The van der Waals surface area contributed by atoms with Crippen molar-refractivity contribution in [1.82, 2.24) is 10.4 Å². The Hall–Kier alpha value is -0.120.